The summed E-state index contributed by atoms with van der Waals surface area (Å²) < 4.78 is 5.84. The van der Waals surface area contributed by atoms with Gasteiger partial charge in [-0.25, -0.2) is 0 Å². The van der Waals surface area contributed by atoms with Crippen LogP contribution in [0.1, 0.15) is 44.1 Å². The molecule has 0 aromatic heterocycles. The van der Waals surface area contributed by atoms with Crippen LogP contribution in [0.2, 0.25) is 0 Å². The molecule has 0 atom stereocenters. The topological polar surface area (TPSA) is 12.5 Å². The first kappa shape index (κ1) is 13.9. The van der Waals surface area contributed by atoms with Gasteiger partial charge in [0.2, 0.25) is 0 Å². The van der Waals surface area contributed by atoms with E-state index in [2.05, 4.69) is 29.2 Å². The number of likely N-dealkylation sites (tertiary alicyclic amines) is 1. The summed E-state index contributed by atoms with van der Waals surface area (Å²) in [6.07, 6.45) is 9.37. The maximum absolute atomic E-state index is 5.84. The predicted octanol–water partition coefficient (Wildman–Crippen LogP) is 3.89. The molecule has 1 saturated heterocycles. The maximum atomic E-state index is 5.84. The van der Waals surface area contributed by atoms with Crippen LogP contribution in [0.3, 0.4) is 0 Å². The normalized spacial score (nSPS) is 20.0. The van der Waals surface area contributed by atoms with E-state index < -0.39 is 0 Å². The van der Waals surface area contributed by atoms with E-state index in [0.717, 1.165) is 18.3 Å². The van der Waals surface area contributed by atoms with Gasteiger partial charge in [0.05, 0.1) is 6.61 Å². The third kappa shape index (κ3) is 3.99. The molecule has 0 amide bonds. The van der Waals surface area contributed by atoms with E-state index in [-0.39, 0.29) is 0 Å². The van der Waals surface area contributed by atoms with Crippen molar-refractivity contribution in [3.8, 4) is 5.75 Å². The summed E-state index contributed by atoms with van der Waals surface area (Å²) in [6, 6.07) is 8.76. The average molecular weight is 273 g/mol. The van der Waals surface area contributed by atoms with Gasteiger partial charge in [0.25, 0.3) is 0 Å². The molecule has 0 bridgehead atoms. The van der Waals surface area contributed by atoms with Crippen molar-refractivity contribution in [2.45, 2.75) is 44.9 Å². The smallest absolute Gasteiger partial charge is 0.119 e. The van der Waals surface area contributed by atoms with Gasteiger partial charge in [-0.2, -0.15) is 0 Å². The van der Waals surface area contributed by atoms with E-state index in [4.69, 9.17) is 4.74 Å². The Kier molecular flexibility index (Phi) is 4.96. The molecular formula is C18H27NO. The van der Waals surface area contributed by atoms with E-state index in [0.29, 0.717) is 0 Å². The van der Waals surface area contributed by atoms with E-state index in [1.807, 2.05) is 0 Å². The Morgan fingerprint density at radius 2 is 1.75 bits per heavy atom. The Balaban J connectivity index is 1.36. The zero-order chi connectivity index (χ0) is 13.6. The second kappa shape index (κ2) is 7.12. The van der Waals surface area contributed by atoms with Gasteiger partial charge < -0.3 is 9.64 Å². The molecule has 3 rings (SSSR count). The second-order valence-corrected chi connectivity index (χ2v) is 6.40. The van der Waals surface area contributed by atoms with Crippen molar-refractivity contribution in [2.75, 3.05) is 26.2 Å². The first-order chi connectivity index (χ1) is 9.90. The lowest BCUT2D eigenvalue weighted by molar-refractivity contribution is 0.180. The SMILES string of the molecule is c1cc(OCC2CCC2)ccc1CCCN1CCCC1. The third-order valence-electron chi connectivity index (χ3n) is 4.77. The standard InChI is InChI=1S/C18H27NO/c1-2-13-19(12-1)14-4-7-16-8-10-18(11-9-16)20-15-17-5-3-6-17/h8-11,17H,1-7,12-15H2. The fraction of sp³-hybridized carbons (Fsp3) is 0.667. The molecule has 2 heteroatoms. The number of rotatable bonds is 7. The van der Waals surface area contributed by atoms with Gasteiger partial charge in [0.15, 0.2) is 0 Å². The van der Waals surface area contributed by atoms with Gasteiger partial charge >= 0.3 is 0 Å². The van der Waals surface area contributed by atoms with Crippen molar-refractivity contribution in [1.29, 1.82) is 0 Å². The highest BCUT2D eigenvalue weighted by molar-refractivity contribution is 5.27. The highest BCUT2D eigenvalue weighted by atomic mass is 16.5. The summed E-state index contributed by atoms with van der Waals surface area (Å²) in [6.45, 7) is 4.80. The molecular weight excluding hydrogens is 246 g/mol. The Labute approximate surface area is 123 Å². The molecule has 1 aromatic carbocycles. The van der Waals surface area contributed by atoms with Gasteiger partial charge in [0, 0.05) is 0 Å². The van der Waals surface area contributed by atoms with Crippen molar-refractivity contribution >= 4 is 0 Å². The van der Waals surface area contributed by atoms with Gasteiger partial charge in [-0.3, -0.25) is 0 Å². The van der Waals surface area contributed by atoms with Gasteiger partial charge in [-0.1, -0.05) is 18.6 Å². The fourth-order valence-corrected chi connectivity index (χ4v) is 3.14. The number of hydrogen-bond donors (Lipinski definition) is 0. The van der Waals surface area contributed by atoms with Crippen LogP contribution in [-0.2, 0) is 6.42 Å². The molecule has 1 heterocycles. The van der Waals surface area contributed by atoms with Crippen LogP contribution >= 0.6 is 0 Å². The summed E-state index contributed by atoms with van der Waals surface area (Å²) in [5.74, 6) is 1.86. The summed E-state index contributed by atoms with van der Waals surface area (Å²) >= 11 is 0. The van der Waals surface area contributed by atoms with Crippen LogP contribution in [0.15, 0.2) is 24.3 Å². The van der Waals surface area contributed by atoms with E-state index in [9.17, 15) is 0 Å². The van der Waals surface area contributed by atoms with Crippen molar-refractivity contribution in [3.05, 3.63) is 29.8 Å². The van der Waals surface area contributed by atoms with Crippen LogP contribution in [0.5, 0.6) is 5.75 Å². The average Bonchev–Trinajstić information content (AvgIpc) is 2.92. The summed E-state index contributed by atoms with van der Waals surface area (Å²) in [7, 11) is 0. The molecule has 0 radical (unpaired) electrons. The highest BCUT2D eigenvalue weighted by Gasteiger charge is 2.17. The number of hydrogen-bond acceptors (Lipinski definition) is 2. The Morgan fingerprint density at radius 3 is 2.40 bits per heavy atom. The van der Waals surface area contributed by atoms with Crippen LogP contribution in [0, 0.1) is 5.92 Å². The quantitative estimate of drug-likeness (QED) is 0.747. The zero-order valence-electron chi connectivity index (χ0n) is 12.5. The van der Waals surface area contributed by atoms with Gasteiger partial charge in [-0.05, 0) is 81.8 Å². The predicted molar refractivity (Wildman–Crippen MR) is 83.3 cm³/mol. The first-order valence-electron chi connectivity index (χ1n) is 8.34. The molecule has 2 fully saturated rings. The summed E-state index contributed by atoms with van der Waals surface area (Å²) in [5.41, 5.74) is 1.44. The molecule has 0 spiro atoms. The summed E-state index contributed by atoms with van der Waals surface area (Å²) in [4.78, 5) is 2.59. The number of ether oxygens (including phenoxy) is 1. The molecule has 20 heavy (non-hydrogen) atoms. The Bertz CT molecular complexity index is 390. The minimum Gasteiger partial charge on any atom is -0.493 e. The molecule has 1 aliphatic carbocycles. The Hall–Kier alpha value is -1.02. The highest BCUT2D eigenvalue weighted by Crippen LogP contribution is 2.27. The van der Waals surface area contributed by atoms with E-state index in [1.165, 1.54) is 70.1 Å². The first-order valence-corrected chi connectivity index (χ1v) is 8.34. The molecule has 110 valence electrons. The fourth-order valence-electron chi connectivity index (χ4n) is 3.14. The van der Waals surface area contributed by atoms with E-state index in [1.54, 1.807) is 0 Å². The largest absolute Gasteiger partial charge is 0.493 e. The molecule has 1 aromatic rings. The number of aryl methyl sites for hydroxylation is 1. The molecule has 0 N–H and O–H groups in total. The minimum atomic E-state index is 0.815. The van der Waals surface area contributed by atoms with E-state index >= 15 is 0 Å². The Morgan fingerprint density at radius 1 is 1.00 bits per heavy atom. The second-order valence-electron chi connectivity index (χ2n) is 6.40. The van der Waals surface area contributed by atoms with Gasteiger partial charge in [0.1, 0.15) is 5.75 Å². The number of nitrogens with zero attached hydrogens (tertiary/aromatic N) is 1. The van der Waals surface area contributed by atoms with Crippen molar-refractivity contribution in [3.63, 3.8) is 0 Å². The monoisotopic (exact) mass is 273 g/mol. The molecule has 2 aliphatic rings. The van der Waals surface area contributed by atoms with Crippen molar-refractivity contribution in [1.82, 2.24) is 4.90 Å². The van der Waals surface area contributed by atoms with Crippen molar-refractivity contribution in [2.24, 2.45) is 5.92 Å². The summed E-state index contributed by atoms with van der Waals surface area (Å²) in [5, 5.41) is 0. The lowest BCUT2D eigenvalue weighted by Crippen LogP contribution is -2.20. The number of benzene rings is 1. The third-order valence-corrected chi connectivity index (χ3v) is 4.77. The molecule has 1 saturated carbocycles. The maximum Gasteiger partial charge on any atom is 0.119 e. The molecule has 0 unspecified atom stereocenters. The van der Waals surface area contributed by atoms with Crippen LogP contribution < -0.4 is 4.74 Å². The van der Waals surface area contributed by atoms with Crippen LogP contribution in [0.25, 0.3) is 0 Å². The molecule has 2 nitrogen and oxygen atoms in total. The zero-order valence-corrected chi connectivity index (χ0v) is 12.5. The molecule has 1 aliphatic heterocycles. The lowest BCUT2D eigenvalue weighted by Gasteiger charge is -2.25. The van der Waals surface area contributed by atoms with Crippen LogP contribution in [0.4, 0.5) is 0 Å². The lowest BCUT2D eigenvalue weighted by atomic mass is 9.86. The minimum absolute atomic E-state index is 0.815. The van der Waals surface area contributed by atoms with Crippen molar-refractivity contribution < 1.29 is 4.74 Å². The van der Waals surface area contributed by atoms with Gasteiger partial charge in [-0.15, -0.1) is 0 Å². The van der Waals surface area contributed by atoms with Crippen LogP contribution in [-0.4, -0.2) is 31.1 Å².